The van der Waals surface area contributed by atoms with Crippen molar-refractivity contribution in [2.45, 2.75) is 38.9 Å². The molecule has 0 saturated heterocycles. The van der Waals surface area contributed by atoms with E-state index in [-0.39, 0.29) is 0 Å². The fourth-order valence-corrected chi connectivity index (χ4v) is 3.71. The maximum Gasteiger partial charge on any atom is 0.0338 e. The lowest BCUT2D eigenvalue weighted by atomic mass is 9.99. The van der Waals surface area contributed by atoms with E-state index >= 15 is 0 Å². The van der Waals surface area contributed by atoms with Gasteiger partial charge in [0.1, 0.15) is 0 Å². The minimum Gasteiger partial charge on any atom is -0.313 e. The van der Waals surface area contributed by atoms with Gasteiger partial charge in [0, 0.05) is 28.9 Å². The number of hydrogen-bond acceptors (Lipinski definition) is 3. The van der Waals surface area contributed by atoms with Crippen LogP contribution in [0.15, 0.2) is 36.4 Å². The average Bonchev–Trinajstić information content (AvgIpc) is 2.85. The van der Waals surface area contributed by atoms with E-state index in [0.29, 0.717) is 6.04 Å². The molecule has 2 aromatic rings. The van der Waals surface area contributed by atoms with Crippen molar-refractivity contribution in [3.8, 4) is 0 Å². The number of fused-ring (bicyclic) bond motifs is 1. The van der Waals surface area contributed by atoms with E-state index in [0.717, 1.165) is 32.5 Å². The van der Waals surface area contributed by atoms with Crippen LogP contribution < -0.4 is 10.6 Å². The Morgan fingerprint density at radius 1 is 1.20 bits per heavy atom. The van der Waals surface area contributed by atoms with Gasteiger partial charge in [-0.25, -0.2) is 0 Å². The molecular weight excluding hydrogens is 264 g/mol. The topological polar surface area (TPSA) is 24.1 Å². The van der Waals surface area contributed by atoms with Crippen LogP contribution in [-0.4, -0.2) is 6.54 Å². The van der Waals surface area contributed by atoms with Crippen molar-refractivity contribution in [1.82, 2.24) is 10.6 Å². The van der Waals surface area contributed by atoms with Crippen molar-refractivity contribution in [2.24, 2.45) is 0 Å². The summed E-state index contributed by atoms with van der Waals surface area (Å²) in [6.07, 6.45) is 2.30. The summed E-state index contributed by atoms with van der Waals surface area (Å²) < 4.78 is 0. The highest BCUT2D eigenvalue weighted by Crippen LogP contribution is 2.25. The van der Waals surface area contributed by atoms with Crippen molar-refractivity contribution in [1.29, 1.82) is 0 Å². The predicted octanol–water partition coefficient (Wildman–Crippen LogP) is 3.63. The number of aryl methyl sites for hydroxylation is 1. The minimum atomic E-state index is 0.466. The molecule has 1 aromatic carbocycles. The number of nitrogens with one attached hydrogen (secondary N) is 2. The molecule has 1 atom stereocenters. The standard InChI is InChI=1S/C17H22N2S/c1-2-14-7-8-15(20-14)12-19-17-9-10-18-11-13-5-3-4-6-16(13)17/h3-8,17-19H,2,9-12H2,1H3. The van der Waals surface area contributed by atoms with Crippen LogP contribution in [0.5, 0.6) is 0 Å². The van der Waals surface area contributed by atoms with Crippen molar-refractivity contribution < 1.29 is 0 Å². The average molecular weight is 286 g/mol. The first kappa shape index (κ1) is 13.8. The van der Waals surface area contributed by atoms with E-state index in [1.54, 1.807) is 0 Å². The summed E-state index contributed by atoms with van der Waals surface area (Å²) in [6, 6.07) is 13.8. The van der Waals surface area contributed by atoms with Crippen molar-refractivity contribution in [3.05, 3.63) is 57.3 Å². The number of hydrogen-bond donors (Lipinski definition) is 2. The molecule has 0 bridgehead atoms. The highest BCUT2D eigenvalue weighted by atomic mass is 32.1. The van der Waals surface area contributed by atoms with Crippen LogP contribution in [0.25, 0.3) is 0 Å². The van der Waals surface area contributed by atoms with Crippen LogP contribution in [0.2, 0.25) is 0 Å². The number of benzene rings is 1. The summed E-state index contributed by atoms with van der Waals surface area (Å²) in [6.45, 7) is 5.27. The highest BCUT2D eigenvalue weighted by molar-refractivity contribution is 7.11. The van der Waals surface area contributed by atoms with Crippen molar-refractivity contribution >= 4 is 11.3 Å². The van der Waals surface area contributed by atoms with Gasteiger partial charge in [-0.05, 0) is 42.6 Å². The van der Waals surface area contributed by atoms with Gasteiger partial charge in [-0.2, -0.15) is 0 Å². The summed E-state index contributed by atoms with van der Waals surface area (Å²) in [7, 11) is 0. The molecule has 1 aromatic heterocycles. The van der Waals surface area contributed by atoms with Crippen LogP contribution >= 0.6 is 11.3 Å². The third-order valence-electron chi connectivity index (χ3n) is 3.94. The Kier molecular flexibility index (Phi) is 4.51. The Morgan fingerprint density at radius 2 is 2.05 bits per heavy atom. The Balaban J connectivity index is 1.70. The van der Waals surface area contributed by atoms with E-state index in [1.165, 1.54) is 20.9 Å². The largest absolute Gasteiger partial charge is 0.313 e. The molecule has 0 fully saturated rings. The zero-order chi connectivity index (χ0) is 13.8. The molecule has 2 N–H and O–H groups in total. The van der Waals surface area contributed by atoms with Crippen molar-refractivity contribution in [3.63, 3.8) is 0 Å². The fourth-order valence-electron chi connectivity index (χ4n) is 2.80. The quantitative estimate of drug-likeness (QED) is 0.897. The second-order valence-corrected chi connectivity index (χ2v) is 6.57. The number of rotatable bonds is 4. The van der Waals surface area contributed by atoms with Crippen LogP contribution in [0, 0.1) is 0 Å². The summed E-state index contributed by atoms with van der Waals surface area (Å²) in [4.78, 5) is 2.92. The first-order valence-corrected chi connectivity index (χ1v) is 8.28. The third kappa shape index (κ3) is 3.11. The van der Waals surface area contributed by atoms with Gasteiger partial charge < -0.3 is 10.6 Å². The zero-order valence-electron chi connectivity index (χ0n) is 12.0. The maximum absolute atomic E-state index is 3.74. The second-order valence-electron chi connectivity index (χ2n) is 5.32. The first-order valence-electron chi connectivity index (χ1n) is 7.46. The van der Waals surface area contributed by atoms with Gasteiger partial charge in [0.05, 0.1) is 0 Å². The molecule has 3 heteroatoms. The third-order valence-corrected chi connectivity index (χ3v) is 5.17. The maximum atomic E-state index is 3.74. The number of thiophene rings is 1. The molecule has 1 aliphatic rings. The zero-order valence-corrected chi connectivity index (χ0v) is 12.8. The molecule has 20 heavy (non-hydrogen) atoms. The molecule has 1 unspecified atom stereocenters. The summed E-state index contributed by atoms with van der Waals surface area (Å²) >= 11 is 1.93. The van der Waals surface area contributed by atoms with E-state index in [4.69, 9.17) is 0 Å². The Labute approximate surface area is 125 Å². The van der Waals surface area contributed by atoms with Gasteiger partial charge in [-0.15, -0.1) is 11.3 Å². The van der Waals surface area contributed by atoms with Gasteiger partial charge in [0.2, 0.25) is 0 Å². The van der Waals surface area contributed by atoms with Gasteiger partial charge in [-0.1, -0.05) is 31.2 Å². The summed E-state index contributed by atoms with van der Waals surface area (Å²) in [5.74, 6) is 0. The molecule has 106 valence electrons. The minimum absolute atomic E-state index is 0.466. The molecule has 0 radical (unpaired) electrons. The van der Waals surface area contributed by atoms with Crippen LogP contribution in [0.1, 0.15) is 40.3 Å². The molecule has 0 saturated carbocycles. The smallest absolute Gasteiger partial charge is 0.0338 e. The summed E-state index contributed by atoms with van der Waals surface area (Å²) in [5, 5.41) is 7.25. The lowest BCUT2D eigenvalue weighted by molar-refractivity contribution is 0.498. The van der Waals surface area contributed by atoms with Crippen molar-refractivity contribution in [2.75, 3.05) is 6.54 Å². The molecule has 2 nitrogen and oxygen atoms in total. The summed E-state index contributed by atoms with van der Waals surface area (Å²) in [5.41, 5.74) is 2.90. The predicted molar refractivity (Wildman–Crippen MR) is 86.0 cm³/mol. The fraction of sp³-hybridized carbons (Fsp3) is 0.412. The lowest BCUT2D eigenvalue weighted by Crippen LogP contribution is -2.22. The normalized spacial score (nSPS) is 18.6. The second kappa shape index (κ2) is 6.53. The molecule has 2 heterocycles. The Hall–Kier alpha value is -1.16. The van der Waals surface area contributed by atoms with Crippen LogP contribution in [-0.2, 0) is 19.5 Å². The molecule has 1 aliphatic heterocycles. The molecule has 0 aliphatic carbocycles. The lowest BCUT2D eigenvalue weighted by Gasteiger charge is -2.18. The van der Waals surface area contributed by atoms with E-state index in [2.05, 4.69) is 54.0 Å². The highest BCUT2D eigenvalue weighted by Gasteiger charge is 2.17. The van der Waals surface area contributed by atoms with E-state index in [9.17, 15) is 0 Å². The molecule has 3 rings (SSSR count). The first-order chi connectivity index (χ1) is 9.86. The van der Waals surface area contributed by atoms with E-state index in [1.807, 2.05) is 11.3 Å². The van der Waals surface area contributed by atoms with E-state index < -0.39 is 0 Å². The molecular formula is C17H22N2S. The van der Waals surface area contributed by atoms with Gasteiger partial charge in [-0.3, -0.25) is 0 Å². The Bertz CT molecular complexity index is 562. The molecule has 0 spiro atoms. The Morgan fingerprint density at radius 3 is 2.90 bits per heavy atom. The van der Waals surface area contributed by atoms with Gasteiger partial charge >= 0.3 is 0 Å². The SMILES string of the molecule is CCc1ccc(CNC2CCNCc3ccccc32)s1. The van der Waals surface area contributed by atoms with Crippen LogP contribution in [0.3, 0.4) is 0 Å². The molecule has 0 amide bonds. The van der Waals surface area contributed by atoms with Gasteiger partial charge in [0.15, 0.2) is 0 Å². The van der Waals surface area contributed by atoms with Crippen LogP contribution in [0.4, 0.5) is 0 Å². The monoisotopic (exact) mass is 286 g/mol. The van der Waals surface area contributed by atoms with Gasteiger partial charge in [0.25, 0.3) is 0 Å².